The molecule has 1 aromatic carbocycles. The van der Waals surface area contributed by atoms with Crippen molar-refractivity contribution in [3.05, 3.63) is 35.4 Å². The Hall–Kier alpha value is -0.510. The summed E-state index contributed by atoms with van der Waals surface area (Å²) in [4.78, 5) is 0. The molecule has 2 N–H and O–H groups in total. The first-order chi connectivity index (χ1) is 7.31. The van der Waals surface area contributed by atoms with Gasteiger partial charge in [0.2, 0.25) is 0 Å². The van der Waals surface area contributed by atoms with Crippen molar-refractivity contribution in [3.8, 4) is 0 Å². The molecule has 0 aromatic heterocycles. The van der Waals surface area contributed by atoms with Gasteiger partial charge >= 0.3 is 0 Å². The lowest BCUT2D eigenvalue weighted by Crippen LogP contribution is -2.35. The smallest absolute Gasteiger partial charge is 0.0582 e. The van der Waals surface area contributed by atoms with Crippen molar-refractivity contribution < 1.29 is 5.11 Å². The minimum atomic E-state index is 0.168. The van der Waals surface area contributed by atoms with Crippen LogP contribution < -0.4 is 5.32 Å². The molecule has 2 unspecified atom stereocenters. The Morgan fingerprint density at radius 1 is 1.53 bits per heavy atom. The van der Waals surface area contributed by atoms with Crippen LogP contribution in [0.3, 0.4) is 0 Å². The molecule has 1 aliphatic heterocycles. The highest BCUT2D eigenvalue weighted by Crippen LogP contribution is 2.31. The zero-order chi connectivity index (χ0) is 10.7. The molecule has 1 aromatic rings. The highest BCUT2D eigenvalue weighted by molar-refractivity contribution is 7.98. The van der Waals surface area contributed by atoms with E-state index in [1.54, 1.807) is 0 Å². The summed E-state index contributed by atoms with van der Waals surface area (Å²) in [7, 11) is 0. The van der Waals surface area contributed by atoms with Crippen molar-refractivity contribution in [1.82, 2.24) is 5.32 Å². The van der Waals surface area contributed by atoms with Gasteiger partial charge in [0, 0.05) is 23.6 Å². The molecule has 0 saturated carbocycles. The number of nitrogens with one attached hydrogen (secondary N) is 1. The van der Waals surface area contributed by atoms with E-state index in [9.17, 15) is 0 Å². The van der Waals surface area contributed by atoms with Crippen molar-refractivity contribution in [3.63, 3.8) is 0 Å². The Kier molecular flexibility index (Phi) is 3.67. The maximum atomic E-state index is 9.04. The van der Waals surface area contributed by atoms with Gasteiger partial charge in [0.25, 0.3) is 0 Å². The van der Waals surface area contributed by atoms with Gasteiger partial charge in [0.15, 0.2) is 0 Å². The van der Waals surface area contributed by atoms with Gasteiger partial charge in [-0.15, -0.1) is 0 Å². The van der Waals surface area contributed by atoms with Crippen LogP contribution in [0, 0.1) is 0 Å². The molecule has 0 bridgehead atoms. The first kappa shape index (κ1) is 11.0. The lowest BCUT2D eigenvalue weighted by molar-refractivity contribution is 0.243. The third kappa shape index (κ3) is 2.54. The lowest BCUT2D eigenvalue weighted by Gasteiger charge is -2.28. The monoisotopic (exact) mass is 223 g/mol. The molecule has 2 rings (SSSR count). The fourth-order valence-corrected chi connectivity index (χ4v) is 3.03. The number of benzene rings is 1. The molecule has 82 valence electrons. The summed E-state index contributed by atoms with van der Waals surface area (Å²) in [5, 5.41) is 12.5. The first-order valence-electron chi connectivity index (χ1n) is 5.33. The van der Waals surface area contributed by atoms with Gasteiger partial charge in [0.1, 0.15) is 0 Å². The number of fused-ring (bicyclic) bond motifs is 1. The van der Waals surface area contributed by atoms with Gasteiger partial charge in [-0.25, -0.2) is 0 Å². The molecule has 2 atom stereocenters. The molecular formula is C12H17NOS. The molecule has 3 heteroatoms. The maximum Gasteiger partial charge on any atom is 0.0582 e. The van der Waals surface area contributed by atoms with Crippen molar-refractivity contribution in [1.29, 1.82) is 0 Å². The molecule has 0 radical (unpaired) electrons. The van der Waals surface area contributed by atoms with Crippen LogP contribution in [0.15, 0.2) is 24.3 Å². The number of aliphatic hydroxyl groups is 1. The van der Waals surface area contributed by atoms with Crippen molar-refractivity contribution in [2.24, 2.45) is 0 Å². The normalized spacial score (nSPS) is 22.1. The first-order valence-corrected chi connectivity index (χ1v) is 6.49. The van der Waals surface area contributed by atoms with E-state index in [0.29, 0.717) is 6.04 Å². The largest absolute Gasteiger partial charge is 0.395 e. The van der Waals surface area contributed by atoms with E-state index in [4.69, 9.17) is 5.11 Å². The van der Waals surface area contributed by atoms with E-state index in [1.807, 2.05) is 18.7 Å². The number of thioether (sulfide) groups is 1. The molecule has 1 heterocycles. The summed E-state index contributed by atoms with van der Waals surface area (Å²) in [5.74, 6) is 2.21. The molecule has 0 saturated heterocycles. The molecule has 1 aliphatic rings. The lowest BCUT2D eigenvalue weighted by atomic mass is 10.0. The van der Waals surface area contributed by atoms with Gasteiger partial charge in [-0.2, -0.15) is 11.8 Å². The topological polar surface area (TPSA) is 32.3 Å². The summed E-state index contributed by atoms with van der Waals surface area (Å²) in [6.45, 7) is 2.21. The van der Waals surface area contributed by atoms with E-state index in [-0.39, 0.29) is 12.6 Å². The number of hydrogen-bond acceptors (Lipinski definition) is 3. The van der Waals surface area contributed by atoms with E-state index in [2.05, 4.69) is 29.6 Å². The average Bonchev–Trinajstić information content (AvgIpc) is 2.29. The highest BCUT2D eigenvalue weighted by Gasteiger charge is 2.20. The van der Waals surface area contributed by atoms with E-state index < -0.39 is 0 Å². The molecule has 0 fully saturated rings. The SMILES string of the molecule is CC(CO)NC1CSCc2ccccc21. The predicted molar refractivity (Wildman–Crippen MR) is 65.0 cm³/mol. The predicted octanol–water partition coefficient (Wildman–Crippen LogP) is 1.94. The fourth-order valence-electron chi connectivity index (χ4n) is 1.92. The van der Waals surface area contributed by atoms with Gasteiger partial charge in [-0.3, -0.25) is 0 Å². The second kappa shape index (κ2) is 5.01. The standard InChI is InChI=1S/C12H17NOS/c1-9(6-14)13-12-8-15-7-10-4-2-3-5-11(10)12/h2-5,9,12-14H,6-8H2,1H3. The molecule has 0 aliphatic carbocycles. The molecule has 2 nitrogen and oxygen atoms in total. The van der Waals surface area contributed by atoms with Crippen molar-refractivity contribution in [2.45, 2.75) is 24.8 Å². The maximum absolute atomic E-state index is 9.04. The average molecular weight is 223 g/mol. The van der Waals surface area contributed by atoms with Crippen LogP contribution in [0.4, 0.5) is 0 Å². The van der Waals surface area contributed by atoms with E-state index >= 15 is 0 Å². The quantitative estimate of drug-likeness (QED) is 0.821. The zero-order valence-corrected chi connectivity index (χ0v) is 9.76. The van der Waals surface area contributed by atoms with Crippen LogP contribution >= 0.6 is 11.8 Å². The molecular weight excluding hydrogens is 206 g/mol. The Morgan fingerprint density at radius 3 is 3.13 bits per heavy atom. The van der Waals surface area contributed by atoms with Crippen LogP contribution in [0.5, 0.6) is 0 Å². The van der Waals surface area contributed by atoms with Crippen LogP contribution in [0.25, 0.3) is 0 Å². The third-order valence-electron chi connectivity index (χ3n) is 2.73. The molecule has 0 amide bonds. The fraction of sp³-hybridized carbons (Fsp3) is 0.500. The van der Waals surface area contributed by atoms with Gasteiger partial charge in [0.05, 0.1) is 6.61 Å². The number of rotatable bonds is 3. The van der Waals surface area contributed by atoms with Crippen LogP contribution in [0.2, 0.25) is 0 Å². The Morgan fingerprint density at radius 2 is 2.33 bits per heavy atom. The zero-order valence-electron chi connectivity index (χ0n) is 8.94. The van der Waals surface area contributed by atoms with Crippen LogP contribution in [-0.2, 0) is 5.75 Å². The Labute approximate surface area is 95.1 Å². The van der Waals surface area contributed by atoms with Crippen molar-refractivity contribution >= 4 is 11.8 Å². The van der Waals surface area contributed by atoms with E-state index in [1.165, 1.54) is 11.1 Å². The third-order valence-corrected chi connectivity index (χ3v) is 3.82. The Bertz CT molecular complexity index is 329. The van der Waals surface area contributed by atoms with Gasteiger partial charge in [-0.05, 0) is 18.1 Å². The highest BCUT2D eigenvalue weighted by atomic mass is 32.2. The van der Waals surface area contributed by atoms with Crippen molar-refractivity contribution in [2.75, 3.05) is 12.4 Å². The summed E-state index contributed by atoms with van der Waals surface area (Å²) in [6, 6.07) is 9.13. The summed E-state index contributed by atoms with van der Waals surface area (Å²) >= 11 is 1.95. The van der Waals surface area contributed by atoms with Crippen LogP contribution in [0.1, 0.15) is 24.1 Å². The van der Waals surface area contributed by atoms with Gasteiger partial charge in [-0.1, -0.05) is 24.3 Å². The second-order valence-electron chi connectivity index (χ2n) is 4.02. The second-order valence-corrected chi connectivity index (χ2v) is 5.05. The number of aliphatic hydroxyl groups excluding tert-OH is 1. The summed E-state index contributed by atoms with van der Waals surface area (Å²) in [5.41, 5.74) is 2.83. The Balaban J connectivity index is 2.15. The van der Waals surface area contributed by atoms with Crippen LogP contribution in [-0.4, -0.2) is 23.5 Å². The van der Waals surface area contributed by atoms with Gasteiger partial charge < -0.3 is 10.4 Å². The molecule has 0 spiro atoms. The minimum absolute atomic E-state index is 0.168. The number of hydrogen-bond donors (Lipinski definition) is 2. The summed E-state index contributed by atoms with van der Waals surface area (Å²) < 4.78 is 0. The summed E-state index contributed by atoms with van der Waals surface area (Å²) in [6.07, 6.45) is 0. The van der Waals surface area contributed by atoms with E-state index in [0.717, 1.165) is 11.5 Å². The molecule has 15 heavy (non-hydrogen) atoms. The minimum Gasteiger partial charge on any atom is -0.395 e.